The average molecular weight is 353 g/mol. The summed E-state index contributed by atoms with van der Waals surface area (Å²) in [5, 5.41) is 5.93. The fourth-order valence-corrected chi connectivity index (χ4v) is 3.64. The molecule has 0 spiro atoms. The molecule has 1 saturated heterocycles. The van der Waals surface area contributed by atoms with Gasteiger partial charge in [0.15, 0.2) is 0 Å². The highest BCUT2D eigenvalue weighted by atomic mass is 32.1. The van der Waals surface area contributed by atoms with Crippen molar-refractivity contribution in [3.05, 3.63) is 16.1 Å². The molecule has 0 aliphatic carbocycles. The van der Waals surface area contributed by atoms with Gasteiger partial charge in [0.05, 0.1) is 18.2 Å². The third-order valence-corrected chi connectivity index (χ3v) is 5.00. The van der Waals surface area contributed by atoms with Crippen molar-refractivity contribution in [1.82, 2.24) is 15.2 Å². The molecule has 134 valence electrons. The zero-order valence-corrected chi connectivity index (χ0v) is 15.7. The Balaban J connectivity index is 1.86. The van der Waals surface area contributed by atoms with Crippen molar-refractivity contribution in [3.63, 3.8) is 0 Å². The number of likely N-dealkylation sites (tertiary alicyclic amines) is 1. The van der Waals surface area contributed by atoms with E-state index in [0.717, 1.165) is 23.5 Å². The van der Waals surface area contributed by atoms with Gasteiger partial charge in [0.1, 0.15) is 11.6 Å². The molecular formula is C17H27N3O3S. The quantitative estimate of drug-likeness (QED) is 0.878. The number of thiazole rings is 1. The summed E-state index contributed by atoms with van der Waals surface area (Å²) in [5.41, 5.74) is 1.07. The van der Waals surface area contributed by atoms with Gasteiger partial charge in [-0.2, -0.15) is 0 Å². The highest BCUT2D eigenvalue weighted by Crippen LogP contribution is 2.24. The number of ether oxygens (including phenoxy) is 1. The normalized spacial score (nSPS) is 18.5. The maximum Gasteiger partial charge on any atom is 0.248 e. The predicted octanol–water partition coefficient (Wildman–Crippen LogP) is 1.94. The summed E-state index contributed by atoms with van der Waals surface area (Å²) in [4.78, 5) is 30.6. The van der Waals surface area contributed by atoms with E-state index >= 15 is 0 Å². The lowest BCUT2D eigenvalue weighted by molar-refractivity contribution is -0.139. The number of nitrogens with one attached hydrogen (secondary N) is 1. The minimum Gasteiger partial charge on any atom is -0.375 e. The lowest BCUT2D eigenvalue weighted by Gasteiger charge is -2.31. The Morgan fingerprint density at radius 1 is 1.46 bits per heavy atom. The van der Waals surface area contributed by atoms with Gasteiger partial charge in [0, 0.05) is 31.0 Å². The zero-order chi connectivity index (χ0) is 17.7. The van der Waals surface area contributed by atoms with Crippen LogP contribution in [0.25, 0.3) is 0 Å². The lowest BCUT2D eigenvalue weighted by Crippen LogP contribution is -2.46. The molecule has 2 amide bonds. The fourth-order valence-electron chi connectivity index (χ4n) is 2.68. The van der Waals surface area contributed by atoms with E-state index in [9.17, 15) is 9.59 Å². The SMILES string of the molecule is COCC(=O)N1CCC[C@H](C(=O)NCc2nc(C(C)(C)C)cs2)C1. The molecule has 1 aliphatic rings. The van der Waals surface area contributed by atoms with Gasteiger partial charge in [-0.1, -0.05) is 20.8 Å². The zero-order valence-electron chi connectivity index (χ0n) is 14.9. The summed E-state index contributed by atoms with van der Waals surface area (Å²) in [7, 11) is 1.51. The summed E-state index contributed by atoms with van der Waals surface area (Å²) in [6.07, 6.45) is 1.66. The summed E-state index contributed by atoms with van der Waals surface area (Å²) < 4.78 is 4.89. The molecule has 0 unspecified atom stereocenters. The Bertz CT molecular complexity index is 580. The number of rotatable bonds is 5. The molecule has 2 rings (SSSR count). The minimum atomic E-state index is -0.151. The largest absolute Gasteiger partial charge is 0.375 e. The van der Waals surface area contributed by atoms with Crippen LogP contribution in [-0.2, 0) is 26.3 Å². The first-order valence-corrected chi connectivity index (χ1v) is 9.18. The number of amides is 2. The Kier molecular flexibility index (Phi) is 6.34. The molecule has 0 bridgehead atoms. The topological polar surface area (TPSA) is 71.5 Å². The van der Waals surface area contributed by atoms with Crippen LogP contribution >= 0.6 is 11.3 Å². The summed E-state index contributed by atoms with van der Waals surface area (Å²) in [6, 6.07) is 0. The summed E-state index contributed by atoms with van der Waals surface area (Å²) >= 11 is 1.57. The van der Waals surface area contributed by atoms with Crippen LogP contribution < -0.4 is 5.32 Å². The van der Waals surface area contributed by atoms with Crippen LogP contribution in [0.2, 0.25) is 0 Å². The van der Waals surface area contributed by atoms with E-state index in [0.29, 0.717) is 19.6 Å². The van der Waals surface area contributed by atoms with Crippen LogP contribution in [0.1, 0.15) is 44.3 Å². The van der Waals surface area contributed by atoms with E-state index in [-0.39, 0.29) is 29.8 Å². The Morgan fingerprint density at radius 3 is 2.83 bits per heavy atom. The Labute approximate surface area is 147 Å². The van der Waals surface area contributed by atoms with Gasteiger partial charge in [-0.3, -0.25) is 9.59 Å². The van der Waals surface area contributed by atoms with Crippen molar-refractivity contribution in [2.24, 2.45) is 5.92 Å². The molecule has 1 aromatic rings. The van der Waals surface area contributed by atoms with Crippen LogP contribution in [0.3, 0.4) is 0 Å². The maximum atomic E-state index is 12.4. The first-order valence-electron chi connectivity index (χ1n) is 8.30. The molecule has 6 nitrogen and oxygen atoms in total. The molecule has 7 heteroatoms. The molecule has 24 heavy (non-hydrogen) atoms. The van der Waals surface area contributed by atoms with Crippen molar-refractivity contribution in [2.75, 3.05) is 26.8 Å². The highest BCUT2D eigenvalue weighted by molar-refractivity contribution is 7.09. The third-order valence-electron chi connectivity index (χ3n) is 4.15. The van der Waals surface area contributed by atoms with E-state index in [2.05, 4.69) is 31.1 Å². The molecule has 1 N–H and O–H groups in total. The van der Waals surface area contributed by atoms with Gasteiger partial charge < -0.3 is 15.0 Å². The van der Waals surface area contributed by atoms with Gasteiger partial charge in [0.2, 0.25) is 11.8 Å². The second-order valence-corrected chi connectivity index (χ2v) is 8.15. The minimum absolute atomic E-state index is 0.00238. The van der Waals surface area contributed by atoms with Crippen molar-refractivity contribution < 1.29 is 14.3 Å². The van der Waals surface area contributed by atoms with E-state index in [1.165, 1.54) is 7.11 Å². The average Bonchev–Trinajstić information content (AvgIpc) is 3.02. The molecule has 1 fully saturated rings. The van der Waals surface area contributed by atoms with Crippen LogP contribution in [0, 0.1) is 5.92 Å². The van der Waals surface area contributed by atoms with E-state index in [4.69, 9.17) is 4.74 Å². The standard InChI is InChI=1S/C17H27N3O3S/c1-17(2,3)13-11-24-14(19-13)8-18-16(22)12-6-5-7-20(9-12)15(21)10-23-4/h11-12H,5-10H2,1-4H3,(H,18,22)/t12-/m0/s1. The number of methoxy groups -OCH3 is 1. The monoisotopic (exact) mass is 353 g/mol. The number of hydrogen-bond donors (Lipinski definition) is 1. The Morgan fingerprint density at radius 2 is 2.21 bits per heavy atom. The molecule has 1 aromatic heterocycles. The van der Waals surface area contributed by atoms with Crippen molar-refractivity contribution in [3.8, 4) is 0 Å². The number of hydrogen-bond acceptors (Lipinski definition) is 5. The molecule has 0 aromatic carbocycles. The van der Waals surface area contributed by atoms with Crippen molar-refractivity contribution in [1.29, 1.82) is 0 Å². The molecular weight excluding hydrogens is 326 g/mol. The molecule has 0 saturated carbocycles. The van der Waals surface area contributed by atoms with E-state index < -0.39 is 0 Å². The van der Waals surface area contributed by atoms with Gasteiger partial charge >= 0.3 is 0 Å². The number of aromatic nitrogens is 1. The molecule has 1 aliphatic heterocycles. The summed E-state index contributed by atoms with van der Waals surface area (Å²) in [5.74, 6) is -0.205. The van der Waals surface area contributed by atoms with Crippen LogP contribution in [0.5, 0.6) is 0 Å². The van der Waals surface area contributed by atoms with Crippen molar-refractivity contribution >= 4 is 23.2 Å². The van der Waals surface area contributed by atoms with Crippen molar-refractivity contribution in [2.45, 2.75) is 45.6 Å². The smallest absolute Gasteiger partial charge is 0.248 e. The van der Waals surface area contributed by atoms with E-state index in [1.54, 1.807) is 16.2 Å². The second kappa shape index (κ2) is 8.07. The number of carbonyl (C=O) groups excluding carboxylic acids is 2. The first-order chi connectivity index (χ1) is 11.3. The van der Waals surface area contributed by atoms with Crippen LogP contribution in [0.4, 0.5) is 0 Å². The van der Waals surface area contributed by atoms with Gasteiger partial charge in [-0.15, -0.1) is 11.3 Å². The van der Waals surface area contributed by atoms with Gasteiger partial charge in [0.25, 0.3) is 0 Å². The highest BCUT2D eigenvalue weighted by Gasteiger charge is 2.28. The molecule has 0 radical (unpaired) electrons. The number of carbonyl (C=O) groups is 2. The third kappa shape index (κ3) is 5.01. The maximum absolute atomic E-state index is 12.4. The number of nitrogens with zero attached hydrogens (tertiary/aromatic N) is 2. The summed E-state index contributed by atoms with van der Waals surface area (Å²) in [6.45, 7) is 8.06. The second-order valence-electron chi connectivity index (χ2n) is 7.21. The Hall–Kier alpha value is -1.47. The predicted molar refractivity (Wildman–Crippen MR) is 93.8 cm³/mol. The fraction of sp³-hybridized carbons (Fsp3) is 0.706. The lowest BCUT2D eigenvalue weighted by atomic mass is 9.93. The van der Waals surface area contributed by atoms with E-state index in [1.807, 2.05) is 5.38 Å². The number of piperidine rings is 1. The van der Waals surface area contributed by atoms with Gasteiger partial charge in [-0.25, -0.2) is 4.98 Å². The van der Waals surface area contributed by atoms with Crippen LogP contribution in [0.15, 0.2) is 5.38 Å². The van der Waals surface area contributed by atoms with Crippen LogP contribution in [-0.4, -0.2) is 48.5 Å². The van der Waals surface area contributed by atoms with Gasteiger partial charge in [-0.05, 0) is 12.8 Å². The molecule has 1 atom stereocenters. The first kappa shape index (κ1) is 18.9. The molecule has 2 heterocycles.